The Kier molecular flexibility index (Phi) is 3.91. The minimum absolute atomic E-state index is 0.0241. The molecule has 1 N–H and O–H groups in total. The standard InChI is InChI=1S/C18H17ClN2/c1-12-6-3-9-14(16(12)19)18(20-2)15-10-4-7-13-8-5-11-21-17(13)15/h3-11,18,20H,1-2H3. The van der Waals surface area contributed by atoms with Crippen molar-refractivity contribution in [2.75, 3.05) is 7.05 Å². The summed E-state index contributed by atoms with van der Waals surface area (Å²) in [6.07, 6.45) is 1.83. The topological polar surface area (TPSA) is 24.9 Å². The lowest BCUT2D eigenvalue weighted by molar-refractivity contribution is 0.695. The third-order valence-corrected chi connectivity index (χ3v) is 4.31. The third kappa shape index (κ3) is 2.53. The van der Waals surface area contributed by atoms with E-state index in [0.717, 1.165) is 32.6 Å². The van der Waals surface area contributed by atoms with Gasteiger partial charge in [0.2, 0.25) is 0 Å². The van der Waals surface area contributed by atoms with Gasteiger partial charge in [0.1, 0.15) is 0 Å². The fourth-order valence-electron chi connectivity index (χ4n) is 2.73. The Morgan fingerprint density at radius 1 is 1.00 bits per heavy atom. The number of nitrogens with zero attached hydrogens (tertiary/aromatic N) is 1. The van der Waals surface area contributed by atoms with Crippen molar-refractivity contribution in [1.29, 1.82) is 0 Å². The molecule has 1 aromatic heterocycles. The van der Waals surface area contributed by atoms with Crippen molar-refractivity contribution >= 4 is 22.5 Å². The third-order valence-electron chi connectivity index (χ3n) is 3.80. The van der Waals surface area contributed by atoms with Crippen molar-refractivity contribution in [2.45, 2.75) is 13.0 Å². The van der Waals surface area contributed by atoms with Crippen LogP contribution in [0.4, 0.5) is 0 Å². The van der Waals surface area contributed by atoms with Gasteiger partial charge in [0.05, 0.1) is 11.6 Å². The molecule has 0 saturated carbocycles. The molecule has 21 heavy (non-hydrogen) atoms. The zero-order valence-corrected chi connectivity index (χ0v) is 12.9. The Labute approximate surface area is 129 Å². The molecule has 3 rings (SSSR count). The fourth-order valence-corrected chi connectivity index (χ4v) is 2.97. The van der Waals surface area contributed by atoms with E-state index in [4.69, 9.17) is 11.6 Å². The van der Waals surface area contributed by atoms with E-state index in [1.807, 2.05) is 38.4 Å². The molecule has 2 nitrogen and oxygen atoms in total. The highest BCUT2D eigenvalue weighted by atomic mass is 35.5. The number of rotatable bonds is 3. The number of benzene rings is 2. The summed E-state index contributed by atoms with van der Waals surface area (Å²) in [4.78, 5) is 4.54. The summed E-state index contributed by atoms with van der Waals surface area (Å²) in [6.45, 7) is 2.03. The number of aromatic nitrogens is 1. The summed E-state index contributed by atoms with van der Waals surface area (Å²) >= 11 is 6.51. The Balaban J connectivity index is 2.21. The van der Waals surface area contributed by atoms with Crippen LogP contribution in [0.15, 0.2) is 54.7 Å². The van der Waals surface area contributed by atoms with Gasteiger partial charge in [-0.25, -0.2) is 0 Å². The van der Waals surface area contributed by atoms with Gasteiger partial charge in [-0.3, -0.25) is 4.98 Å². The van der Waals surface area contributed by atoms with Crippen molar-refractivity contribution in [3.63, 3.8) is 0 Å². The van der Waals surface area contributed by atoms with Crippen LogP contribution in [0.3, 0.4) is 0 Å². The summed E-state index contributed by atoms with van der Waals surface area (Å²) in [6, 6.07) is 16.4. The van der Waals surface area contributed by atoms with Crippen LogP contribution in [0.1, 0.15) is 22.7 Å². The van der Waals surface area contributed by atoms with Crippen molar-refractivity contribution in [1.82, 2.24) is 10.3 Å². The number of pyridine rings is 1. The molecule has 0 amide bonds. The molecule has 0 bridgehead atoms. The molecule has 2 aromatic carbocycles. The van der Waals surface area contributed by atoms with Crippen LogP contribution in [-0.4, -0.2) is 12.0 Å². The molecule has 0 aliphatic carbocycles. The average molecular weight is 297 g/mol. The highest BCUT2D eigenvalue weighted by Crippen LogP contribution is 2.32. The van der Waals surface area contributed by atoms with Gasteiger partial charge in [0, 0.05) is 16.6 Å². The number of para-hydroxylation sites is 1. The predicted molar refractivity (Wildman–Crippen MR) is 88.8 cm³/mol. The lowest BCUT2D eigenvalue weighted by Gasteiger charge is -2.20. The van der Waals surface area contributed by atoms with Crippen molar-refractivity contribution in [2.24, 2.45) is 0 Å². The maximum absolute atomic E-state index is 6.51. The number of hydrogen-bond acceptors (Lipinski definition) is 2. The molecule has 0 aliphatic rings. The van der Waals surface area contributed by atoms with Crippen molar-refractivity contribution in [3.8, 4) is 0 Å². The van der Waals surface area contributed by atoms with Crippen LogP contribution in [0.2, 0.25) is 5.02 Å². The molecule has 0 fully saturated rings. The number of halogens is 1. The van der Waals surface area contributed by atoms with E-state index in [2.05, 4.69) is 40.6 Å². The number of nitrogens with one attached hydrogen (secondary N) is 1. The van der Waals surface area contributed by atoms with Gasteiger partial charge >= 0.3 is 0 Å². The SMILES string of the molecule is CNC(c1cccc(C)c1Cl)c1cccc2cccnc12. The van der Waals surface area contributed by atoms with E-state index < -0.39 is 0 Å². The Bertz CT molecular complexity index is 778. The maximum Gasteiger partial charge on any atom is 0.0753 e. The minimum atomic E-state index is 0.0241. The molecule has 1 atom stereocenters. The summed E-state index contributed by atoms with van der Waals surface area (Å²) in [7, 11) is 1.95. The lowest BCUT2D eigenvalue weighted by Crippen LogP contribution is -2.19. The average Bonchev–Trinajstić information content (AvgIpc) is 2.52. The molecular formula is C18H17ClN2. The molecular weight excluding hydrogens is 280 g/mol. The summed E-state index contributed by atoms with van der Waals surface area (Å²) in [5.74, 6) is 0. The zero-order chi connectivity index (χ0) is 14.8. The summed E-state index contributed by atoms with van der Waals surface area (Å²) < 4.78 is 0. The number of hydrogen-bond donors (Lipinski definition) is 1. The van der Waals surface area contributed by atoms with Crippen LogP contribution in [0, 0.1) is 6.92 Å². The number of aryl methyl sites for hydroxylation is 1. The molecule has 3 heteroatoms. The normalized spacial score (nSPS) is 12.5. The Morgan fingerprint density at radius 3 is 2.52 bits per heavy atom. The highest BCUT2D eigenvalue weighted by Gasteiger charge is 2.18. The van der Waals surface area contributed by atoms with Crippen LogP contribution in [0.25, 0.3) is 10.9 Å². The first-order chi connectivity index (χ1) is 10.2. The second kappa shape index (κ2) is 5.84. The molecule has 0 radical (unpaired) electrons. The second-order valence-electron chi connectivity index (χ2n) is 5.12. The first kappa shape index (κ1) is 14.1. The van der Waals surface area contributed by atoms with E-state index in [1.165, 1.54) is 0 Å². The smallest absolute Gasteiger partial charge is 0.0753 e. The van der Waals surface area contributed by atoms with Gasteiger partial charge < -0.3 is 5.32 Å². The summed E-state index contributed by atoms with van der Waals surface area (Å²) in [5.41, 5.74) is 4.32. The maximum atomic E-state index is 6.51. The first-order valence-corrected chi connectivity index (χ1v) is 7.36. The zero-order valence-electron chi connectivity index (χ0n) is 12.1. The minimum Gasteiger partial charge on any atom is -0.309 e. The Hall–Kier alpha value is -1.90. The highest BCUT2D eigenvalue weighted by molar-refractivity contribution is 6.32. The predicted octanol–water partition coefficient (Wildman–Crippen LogP) is 4.51. The van der Waals surface area contributed by atoms with Crippen LogP contribution in [0.5, 0.6) is 0 Å². The van der Waals surface area contributed by atoms with Gasteiger partial charge in [-0.15, -0.1) is 0 Å². The molecule has 1 heterocycles. The van der Waals surface area contributed by atoms with Crippen molar-refractivity contribution in [3.05, 3.63) is 76.4 Å². The largest absolute Gasteiger partial charge is 0.309 e. The first-order valence-electron chi connectivity index (χ1n) is 6.98. The van der Waals surface area contributed by atoms with E-state index in [1.54, 1.807) is 0 Å². The van der Waals surface area contributed by atoms with E-state index in [9.17, 15) is 0 Å². The molecule has 106 valence electrons. The molecule has 0 aliphatic heterocycles. The molecule has 1 unspecified atom stereocenters. The van der Waals surface area contributed by atoms with Gasteiger partial charge in [-0.2, -0.15) is 0 Å². The summed E-state index contributed by atoms with van der Waals surface area (Å²) in [5, 5.41) is 5.32. The molecule has 0 spiro atoms. The quantitative estimate of drug-likeness (QED) is 0.769. The van der Waals surface area contributed by atoms with Crippen LogP contribution < -0.4 is 5.32 Å². The van der Waals surface area contributed by atoms with E-state index in [0.29, 0.717) is 0 Å². The van der Waals surface area contributed by atoms with E-state index in [-0.39, 0.29) is 6.04 Å². The Morgan fingerprint density at radius 2 is 1.71 bits per heavy atom. The number of fused-ring (bicyclic) bond motifs is 1. The van der Waals surface area contributed by atoms with Gasteiger partial charge in [0.25, 0.3) is 0 Å². The molecule has 3 aromatic rings. The van der Waals surface area contributed by atoms with Gasteiger partial charge in [-0.05, 0) is 36.7 Å². The van der Waals surface area contributed by atoms with Gasteiger partial charge in [0.15, 0.2) is 0 Å². The van der Waals surface area contributed by atoms with E-state index >= 15 is 0 Å². The molecule has 0 saturated heterocycles. The fraction of sp³-hybridized carbons (Fsp3) is 0.167. The van der Waals surface area contributed by atoms with Crippen molar-refractivity contribution < 1.29 is 0 Å². The van der Waals surface area contributed by atoms with Gasteiger partial charge in [-0.1, -0.05) is 54.1 Å². The monoisotopic (exact) mass is 296 g/mol. The van der Waals surface area contributed by atoms with Crippen LogP contribution in [-0.2, 0) is 0 Å². The second-order valence-corrected chi connectivity index (χ2v) is 5.50. The lowest BCUT2D eigenvalue weighted by atomic mass is 9.95. The van der Waals surface area contributed by atoms with Crippen LogP contribution >= 0.6 is 11.6 Å².